The van der Waals surface area contributed by atoms with E-state index in [1.807, 2.05) is 49.6 Å². The lowest BCUT2D eigenvalue weighted by molar-refractivity contribution is -0.122. The van der Waals surface area contributed by atoms with Crippen LogP contribution in [0.4, 0.5) is 0 Å². The first-order valence-electron chi connectivity index (χ1n) is 9.82. The van der Waals surface area contributed by atoms with Crippen molar-refractivity contribution in [2.24, 2.45) is 5.92 Å². The second kappa shape index (κ2) is 8.74. The summed E-state index contributed by atoms with van der Waals surface area (Å²) in [6.07, 6.45) is 0.828. The summed E-state index contributed by atoms with van der Waals surface area (Å²) in [5.41, 5.74) is 0.916. The van der Waals surface area contributed by atoms with Crippen LogP contribution in [-0.2, 0) is 11.3 Å². The van der Waals surface area contributed by atoms with Crippen molar-refractivity contribution in [1.82, 2.24) is 15.0 Å². The van der Waals surface area contributed by atoms with Gasteiger partial charge in [0.05, 0.1) is 24.1 Å². The largest absolute Gasteiger partial charge is 0.490 e. The molecule has 1 aromatic carbocycles. The second-order valence-electron chi connectivity index (χ2n) is 7.38. The molecule has 1 amide bonds. The van der Waals surface area contributed by atoms with Crippen LogP contribution in [0.5, 0.6) is 11.5 Å². The minimum absolute atomic E-state index is 0.120. The van der Waals surface area contributed by atoms with Crippen molar-refractivity contribution in [2.45, 2.75) is 32.9 Å². The maximum atomic E-state index is 12.8. The first kappa shape index (κ1) is 20.2. The van der Waals surface area contributed by atoms with E-state index in [9.17, 15) is 9.59 Å². The number of carbonyl (C=O) groups is 1. The van der Waals surface area contributed by atoms with E-state index in [-0.39, 0.29) is 24.4 Å². The van der Waals surface area contributed by atoms with E-state index in [1.54, 1.807) is 0 Å². The zero-order valence-corrected chi connectivity index (χ0v) is 17.6. The molecule has 0 saturated heterocycles. The Morgan fingerprint density at radius 3 is 2.77 bits per heavy atom. The summed E-state index contributed by atoms with van der Waals surface area (Å²) in [6, 6.07) is 9.13. The van der Waals surface area contributed by atoms with Gasteiger partial charge in [-0.1, -0.05) is 31.1 Å². The van der Waals surface area contributed by atoms with Crippen LogP contribution < -0.4 is 20.5 Å². The van der Waals surface area contributed by atoms with Gasteiger partial charge in [-0.05, 0) is 35.1 Å². The molecule has 1 atom stereocenters. The highest BCUT2D eigenvalue weighted by atomic mass is 32.1. The van der Waals surface area contributed by atoms with E-state index in [0.717, 1.165) is 16.9 Å². The summed E-state index contributed by atoms with van der Waals surface area (Å²) in [4.78, 5) is 25.7. The highest BCUT2D eigenvalue weighted by Crippen LogP contribution is 2.34. The third kappa shape index (κ3) is 4.25. The minimum atomic E-state index is -0.662. The topological polar surface area (TPSA) is 95.6 Å². The maximum Gasteiger partial charge on any atom is 0.442 e. The van der Waals surface area contributed by atoms with Gasteiger partial charge in [0.25, 0.3) is 0 Å². The molecular formula is C21H23N3O5S. The van der Waals surface area contributed by atoms with E-state index in [4.69, 9.17) is 14.0 Å². The number of amides is 1. The van der Waals surface area contributed by atoms with Crippen LogP contribution >= 0.6 is 11.3 Å². The van der Waals surface area contributed by atoms with Crippen molar-refractivity contribution in [3.63, 3.8) is 0 Å². The number of thiophene rings is 1. The van der Waals surface area contributed by atoms with Crippen LogP contribution in [0, 0.1) is 5.92 Å². The number of fused-ring (bicyclic) bond motifs is 1. The number of carbonyl (C=O) groups excluding carboxylic acids is 1. The van der Waals surface area contributed by atoms with Crippen LogP contribution in [0.25, 0.3) is 10.7 Å². The molecule has 4 rings (SSSR count). The Morgan fingerprint density at radius 2 is 2.03 bits per heavy atom. The number of nitrogens with one attached hydrogen (secondary N) is 1. The van der Waals surface area contributed by atoms with Crippen molar-refractivity contribution in [3.8, 4) is 22.2 Å². The average molecular weight is 429 g/mol. The van der Waals surface area contributed by atoms with Crippen LogP contribution in [0.1, 0.15) is 31.9 Å². The molecule has 30 heavy (non-hydrogen) atoms. The highest BCUT2D eigenvalue weighted by Gasteiger charge is 2.23. The van der Waals surface area contributed by atoms with E-state index in [2.05, 4.69) is 10.5 Å². The molecule has 0 spiro atoms. The fourth-order valence-electron chi connectivity index (χ4n) is 3.36. The lowest BCUT2D eigenvalue weighted by atomic mass is 9.95. The Hall–Kier alpha value is -3.07. The predicted molar refractivity (Wildman–Crippen MR) is 112 cm³/mol. The maximum absolute atomic E-state index is 12.8. The highest BCUT2D eigenvalue weighted by molar-refractivity contribution is 7.13. The van der Waals surface area contributed by atoms with Crippen molar-refractivity contribution >= 4 is 17.2 Å². The van der Waals surface area contributed by atoms with E-state index >= 15 is 0 Å². The number of ether oxygens (including phenoxy) is 2. The normalized spacial score (nSPS) is 14.4. The number of hydrogen-bond acceptors (Lipinski definition) is 7. The summed E-state index contributed by atoms with van der Waals surface area (Å²) in [5.74, 6) is 0.896. The molecule has 158 valence electrons. The molecule has 1 aliphatic rings. The molecule has 3 aromatic rings. The smallest absolute Gasteiger partial charge is 0.442 e. The Labute approximate surface area is 177 Å². The third-order valence-corrected chi connectivity index (χ3v) is 5.71. The van der Waals surface area contributed by atoms with Gasteiger partial charge < -0.3 is 14.8 Å². The van der Waals surface area contributed by atoms with Gasteiger partial charge in [0.15, 0.2) is 17.3 Å². The van der Waals surface area contributed by atoms with Gasteiger partial charge in [0, 0.05) is 6.42 Å². The molecule has 0 saturated carbocycles. The number of rotatable bonds is 6. The van der Waals surface area contributed by atoms with Gasteiger partial charge in [0.1, 0.15) is 6.54 Å². The lowest BCUT2D eigenvalue weighted by Crippen LogP contribution is -2.36. The monoisotopic (exact) mass is 429 g/mol. The van der Waals surface area contributed by atoms with Gasteiger partial charge in [-0.2, -0.15) is 0 Å². The minimum Gasteiger partial charge on any atom is -0.490 e. The molecule has 0 radical (unpaired) electrons. The summed E-state index contributed by atoms with van der Waals surface area (Å²) in [5, 5.41) is 8.72. The molecule has 1 N–H and O–H groups in total. The molecule has 1 aliphatic heterocycles. The molecule has 2 aromatic heterocycles. The molecule has 0 aliphatic carbocycles. The fourth-order valence-corrected chi connectivity index (χ4v) is 4.08. The zero-order chi connectivity index (χ0) is 21.1. The van der Waals surface area contributed by atoms with Crippen LogP contribution in [0.2, 0.25) is 0 Å². The standard InChI is InChI=1S/C21H23N3O5S/c1-13(2)19(14-6-7-15-16(11-14)28-9-4-8-27-15)22-18(25)12-24-20(23-29-21(24)26)17-5-3-10-30-17/h3,5-7,10-11,13,19H,4,8-9,12H2,1-2H3,(H,22,25). The van der Waals surface area contributed by atoms with Gasteiger partial charge in [-0.3, -0.25) is 9.32 Å². The first-order valence-corrected chi connectivity index (χ1v) is 10.7. The van der Waals surface area contributed by atoms with Crippen LogP contribution in [0.15, 0.2) is 45.0 Å². The molecule has 1 unspecified atom stereocenters. The average Bonchev–Trinajstić information content (AvgIpc) is 3.30. The molecule has 0 fully saturated rings. The Balaban J connectivity index is 1.54. The van der Waals surface area contributed by atoms with Crippen LogP contribution in [0.3, 0.4) is 0 Å². The van der Waals surface area contributed by atoms with Crippen LogP contribution in [-0.4, -0.2) is 28.8 Å². The Morgan fingerprint density at radius 1 is 1.23 bits per heavy atom. The second-order valence-corrected chi connectivity index (χ2v) is 8.33. The number of benzene rings is 1. The van der Waals surface area contributed by atoms with Gasteiger partial charge >= 0.3 is 5.76 Å². The van der Waals surface area contributed by atoms with Crippen molar-refractivity contribution in [1.29, 1.82) is 0 Å². The van der Waals surface area contributed by atoms with E-state index in [0.29, 0.717) is 30.5 Å². The van der Waals surface area contributed by atoms with Crippen molar-refractivity contribution in [3.05, 3.63) is 51.8 Å². The molecular weight excluding hydrogens is 406 g/mol. The Bertz CT molecular complexity index is 1070. The first-order chi connectivity index (χ1) is 14.5. The van der Waals surface area contributed by atoms with Gasteiger partial charge in [-0.25, -0.2) is 9.36 Å². The number of aromatic nitrogens is 2. The number of nitrogens with zero attached hydrogens (tertiary/aromatic N) is 2. The lowest BCUT2D eigenvalue weighted by Gasteiger charge is -2.24. The molecule has 9 heteroatoms. The quantitative estimate of drug-likeness (QED) is 0.646. The van der Waals surface area contributed by atoms with Gasteiger partial charge in [-0.15, -0.1) is 11.3 Å². The van der Waals surface area contributed by atoms with E-state index < -0.39 is 5.76 Å². The Kier molecular flexibility index (Phi) is 5.89. The molecule has 0 bridgehead atoms. The SMILES string of the molecule is CC(C)C(NC(=O)Cn1c(-c2cccs2)noc1=O)c1ccc2c(c1)OCCCO2. The summed E-state index contributed by atoms with van der Waals surface area (Å²) >= 11 is 1.42. The molecule has 3 heterocycles. The van der Waals surface area contributed by atoms with Crippen molar-refractivity contribution in [2.75, 3.05) is 13.2 Å². The van der Waals surface area contributed by atoms with E-state index in [1.165, 1.54) is 15.9 Å². The predicted octanol–water partition coefficient (Wildman–Crippen LogP) is 3.24. The summed E-state index contributed by atoms with van der Waals surface area (Å²) in [7, 11) is 0. The number of hydrogen-bond donors (Lipinski definition) is 1. The summed E-state index contributed by atoms with van der Waals surface area (Å²) < 4.78 is 17.5. The molecule has 8 nitrogen and oxygen atoms in total. The third-order valence-electron chi connectivity index (χ3n) is 4.84. The van der Waals surface area contributed by atoms with Gasteiger partial charge in [0.2, 0.25) is 5.91 Å². The summed E-state index contributed by atoms with van der Waals surface area (Å²) in [6.45, 7) is 5.09. The zero-order valence-electron chi connectivity index (χ0n) is 16.8. The fraction of sp³-hybridized carbons (Fsp3) is 0.381. The van der Waals surface area contributed by atoms with Crippen molar-refractivity contribution < 1.29 is 18.8 Å².